The fraction of sp³-hybridized carbons (Fsp3) is 0.240. The van der Waals surface area contributed by atoms with Crippen molar-refractivity contribution in [2.24, 2.45) is 0 Å². The second kappa shape index (κ2) is 10.7. The van der Waals surface area contributed by atoms with Crippen molar-refractivity contribution < 1.29 is 23.5 Å². The van der Waals surface area contributed by atoms with E-state index in [1.165, 1.54) is 32.1 Å². The second-order valence-corrected chi connectivity index (χ2v) is 7.81. The third kappa shape index (κ3) is 5.35. The first kappa shape index (κ1) is 24.5. The summed E-state index contributed by atoms with van der Waals surface area (Å²) < 4.78 is 22.3. The standard InChI is InChI=1S/C25H25N5O6/c1-15-5-7-17(8-6-15)18-9-10-22(31)30(28-18)14-21-27-25(36-29-21)24(32)26-13-16-11-19(33-2)23(35-4)20(12-16)34-3/h5-12H,13-14H2,1-4H3,(H,26,32). The number of nitrogens with one attached hydrogen (secondary N) is 1. The fourth-order valence-corrected chi connectivity index (χ4v) is 3.48. The molecule has 0 saturated carbocycles. The van der Waals surface area contributed by atoms with Crippen LogP contribution in [0.2, 0.25) is 0 Å². The topological polar surface area (TPSA) is 131 Å². The molecule has 36 heavy (non-hydrogen) atoms. The lowest BCUT2D eigenvalue weighted by Gasteiger charge is -2.14. The van der Waals surface area contributed by atoms with Crippen LogP contribution in [0.1, 0.15) is 27.6 Å². The number of aromatic nitrogens is 4. The van der Waals surface area contributed by atoms with Gasteiger partial charge in [-0.05, 0) is 30.7 Å². The number of ether oxygens (including phenoxy) is 3. The Morgan fingerprint density at radius 2 is 1.69 bits per heavy atom. The molecule has 2 aromatic carbocycles. The molecule has 1 N–H and O–H groups in total. The molecule has 1 amide bonds. The Labute approximate surface area is 206 Å². The van der Waals surface area contributed by atoms with Gasteiger partial charge in [0, 0.05) is 18.2 Å². The molecule has 0 radical (unpaired) electrons. The number of nitrogens with zero attached hydrogens (tertiary/aromatic N) is 4. The van der Waals surface area contributed by atoms with E-state index in [1.807, 2.05) is 31.2 Å². The Kier molecular flexibility index (Phi) is 7.28. The van der Waals surface area contributed by atoms with Gasteiger partial charge in [-0.3, -0.25) is 9.59 Å². The van der Waals surface area contributed by atoms with E-state index in [2.05, 4.69) is 20.6 Å². The molecular weight excluding hydrogens is 466 g/mol. The summed E-state index contributed by atoms with van der Waals surface area (Å²) in [7, 11) is 4.53. The molecule has 0 bridgehead atoms. The first-order valence-corrected chi connectivity index (χ1v) is 11.0. The van der Waals surface area contributed by atoms with Crippen LogP contribution in [-0.4, -0.2) is 47.2 Å². The molecule has 11 nitrogen and oxygen atoms in total. The number of aryl methyl sites for hydroxylation is 1. The van der Waals surface area contributed by atoms with Crippen LogP contribution >= 0.6 is 0 Å². The van der Waals surface area contributed by atoms with Crippen molar-refractivity contribution in [2.45, 2.75) is 20.0 Å². The van der Waals surface area contributed by atoms with Gasteiger partial charge in [0.2, 0.25) is 5.75 Å². The molecule has 0 aliphatic rings. The van der Waals surface area contributed by atoms with Crippen LogP contribution in [0.3, 0.4) is 0 Å². The number of benzene rings is 2. The monoisotopic (exact) mass is 491 g/mol. The van der Waals surface area contributed by atoms with Gasteiger partial charge in [0.05, 0.1) is 27.0 Å². The van der Waals surface area contributed by atoms with Crippen molar-refractivity contribution in [2.75, 3.05) is 21.3 Å². The van der Waals surface area contributed by atoms with E-state index in [4.69, 9.17) is 18.7 Å². The van der Waals surface area contributed by atoms with E-state index in [-0.39, 0.29) is 30.4 Å². The molecule has 0 fully saturated rings. The molecule has 2 heterocycles. The molecule has 186 valence electrons. The Morgan fingerprint density at radius 3 is 2.33 bits per heavy atom. The minimum atomic E-state index is -0.573. The fourth-order valence-electron chi connectivity index (χ4n) is 3.48. The molecule has 0 aliphatic heterocycles. The highest BCUT2D eigenvalue weighted by Crippen LogP contribution is 2.38. The zero-order chi connectivity index (χ0) is 25.7. The zero-order valence-corrected chi connectivity index (χ0v) is 20.3. The predicted octanol–water partition coefficient (Wildman–Crippen LogP) is 2.61. The van der Waals surface area contributed by atoms with Gasteiger partial charge in [0.25, 0.3) is 5.56 Å². The summed E-state index contributed by atoms with van der Waals surface area (Å²) in [6, 6.07) is 14.3. The highest BCUT2D eigenvalue weighted by molar-refractivity contribution is 5.89. The van der Waals surface area contributed by atoms with E-state index in [9.17, 15) is 9.59 Å². The molecule has 4 aromatic rings. The van der Waals surface area contributed by atoms with Gasteiger partial charge in [-0.25, -0.2) is 4.68 Å². The van der Waals surface area contributed by atoms with E-state index < -0.39 is 5.91 Å². The average Bonchev–Trinajstić information content (AvgIpc) is 3.37. The number of hydrogen-bond donors (Lipinski definition) is 1. The maximum Gasteiger partial charge on any atom is 0.316 e. The van der Waals surface area contributed by atoms with Gasteiger partial charge in [-0.15, -0.1) is 0 Å². The Hall–Kier alpha value is -4.67. The number of hydrogen-bond acceptors (Lipinski definition) is 9. The van der Waals surface area contributed by atoms with E-state index in [1.54, 1.807) is 18.2 Å². The molecule has 0 unspecified atom stereocenters. The van der Waals surface area contributed by atoms with Gasteiger partial charge >= 0.3 is 11.8 Å². The lowest BCUT2D eigenvalue weighted by molar-refractivity contribution is 0.0907. The third-order valence-electron chi connectivity index (χ3n) is 5.35. The van der Waals surface area contributed by atoms with Crippen molar-refractivity contribution in [3.63, 3.8) is 0 Å². The summed E-state index contributed by atoms with van der Waals surface area (Å²) in [6.45, 7) is 2.09. The molecule has 0 spiro atoms. The van der Waals surface area contributed by atoms with E-state index >= 15 is 0 Å². The van der Waals surface area contributed by atoms with E-state index in [0.717, 1.165) is 11.1 Å². The summed E-state index contributed by atoms with van der Waals surface area (Å²) in [4.78, 5) is 29.0. The van der Waals surface area contributed by atoms with Gasteiger partial charge in [-0.1, -0.05) is 35.0 Å². The molecule has 0 aliphatic carbocycles. The third-order valence-corrected chi connectivity index (χ3v) is 5.35. The van der Waals surface area contributed by atoms with Gasteiger partial charge in [-0.2, -0.15) is 10.1 Å². The van der Waals surface area contributed by atoms with Crippen molar-refractivity contribution in [3.05, 3.63) is 81.7 Å². The van der Waals surface area contributed by atoms with Crippen molar-refractivity contribution in [3.8, 4) is 28.5 Å². The SMILES string of the molecule is COc1cc(CNC(=O)c2nc(Cn3nc(-c4ccc(C)cc4)ccc3=O)no2)cc(OC)c1OC. The minimum absolute atomic E-state index is 0.0534. The van der Waals surface area contributed by atoms with E-state index in [0.29, 0.717) is 28.5 Å². The molecule has 0 atom stereocenters. The number of carbonyl (C=O) groups is 1. The van der Waals surface area contributed by atoms with Gasteiger partial charge in [0.1, 0.15) is 6.54 Å². The summed E-state index contributed by atoms with van der Waals surface area (Å²) in [6.07, 6.45) is 0. The van der Waals surface area contributed by atoms with Crippen LogP contribution in [-0.2, 0) is 13.1 Å². The molecule has 11 heteroatoms. The Morgan fingerprint density at radius 1 is 1.00 bits per heavy atom. The van der Waals surface area contributed by atoms with Gasteiger partial charge in [0.15, 0.2) is 17.3 Å². The first-order chi connectivity index (χ1) is 17.4. The first-order valence-electron chi connectivity index (χ1n) is 11.0. The smallest absolute Gasteiger partial charge is 0.316 e. The number of amides is 1. The normalized spacial score (nSPS) is 10.7. The maximum absolute atomic E-state index is 12.6. The quantitative estimate of drug-likeness (QED) is 0.375. The van der Waals surface area contributed by atoms with Crippen LogP contribution < -0.4 is 25.1 Å². The van der Waals surface area contributed by atoms with Crippen molar-refractivity contribution in [1.82, 2.24) is 25.2 Å². The molecule has 2 aromatic heterocycles. The van der Waals surface area contributed by atoms with Crippen LogP contribution in [0.25, 0.3) is 11.3 Å². The lowest BCUT2D eigenvalue weighted by atomic mass is 10.1. The molecule has 4 rings (SSSR count). The maximum atomic E-state index is 12.6. The average molecular weight is 492 g/mol. The predicted molar refractivity (Wildman–Crippen MR) is 129 cm³/mol. The number of methoxy groups -OCH3 is 3. The largest absolute Gasteiger partial charge is 0.493 e. The number of carbonyl (C=O) groups excluding carboxylic acids is 1. The summed E-state index contributed by atoms with van der Waals surface area (Å²) in [5.74, 6) is 0.714. The van der Waals surface area contributed by atoms with Crippen LogP contribution in [0.5, 0.6) is 17.2 Å². The summed E-state index contributed by atoms with van der Waals surface area (Å²) in [5, 5.41) is 10.9. The minimum Gasteiger partial charge on any atom is -0.493 e. The second-order valence-electron chi connectivity index (χ2n) is 7.81. The van der Waals surface area contributed by atoms with Crippen LogP contribution in [0, 0.1) is 6.92 Å². The Balaban J connectivity index is 1.45. The van der Waals surface area contributed by atoms with Gasteiger partial charge < -0.3 is 24.1 Å². The zero-order valence-electron chi connectivity index (χ0n) is 20.3. The lowest BCUT2D eigenvalue weighted by Crippen LogP contribution is -2.24. The highest BCUT2D eigenvalue weighted by atomic mass is 16.5. The Bertz CT molecular complexity index is 1400. The van der Waals surface area contributed by atoms with Crippen molar-refractivity contribution in [1.29, 1.82) is 0 Å². The number of rotatable bonds is 9. The summed E-state index contributed by atoms with van der Waals surface area (Å²) in [5.41, 5.74) is 3.00. The van der Waals surface area contributed by atoms with Crippen molar-refractivity contribution >= 4 is 5.91 Å². The molecular formula is C25H25N5O6. The summed E-state index contributed by atoms with van der Waals surface area (Å²) >= 11 is 0. The van der Waals surface area contributed by atoms with Crippen LogP contribution in [0.4, 0.5) is 0 Å². The van der Waals surface area contributed by atoms with Crippen LogP contribution in [0.15, 0.2) is 57.8 Å². The molecule has 0 saturated heterocycles. The highest BCUT2D eigenvalue weighted by Gasteiger charge is 2.18.